The number of amides is 1. The van der Waals surface area contributed by atoms with Crippen LogP contribution in [0.15, 0.2) is 12.1 Å². The predicted molar refractivity (Wildman–Crippen MR) is 80.8 cm³/mol. The van der Waals surface area contributed by atoms with Crippen LogP contribution < -0.4 is 11.1 Å². The van der Waals surface area contributed by atoms with Crippen molar-refractivity contribution in [2.45, 2.75) is 18.6 Å². The van der Waals surface area contributed by atoms with Crippen molar-refractivity contribution in [3.63, 3.8) is 0 Å². The SMILES string of the molecule is CSC(C)(C)CNC(=O)c1cc(Cl)c(N)c(Cl)c1. The third-order valence-electron chi connectivity index (χ3n) is 2.57. The number of carbonyl (C=O) groups excluding carboxylic acids is 1. The van der Waals surface area contributed by atoms with Crippen molar-refractivity contribution in [3.8, 4) is 0 Å². The zero-order chi connectivity index (χ0) is 13.9. The molecule has 1 aromatic rings. The van der Waals surface area contributed by atoms with Crippen molar-refractivity contribution in [1.82, 2.24) is 5.32 Å². The summed E-state index contributed by atoms with van der Waals surface area (Å²) in [5, 5.41) is 3.42. The van der Waals surface area contributed by atoms with Gasteiger partial charge in [-0.1, -0.05) is 23.2 Å². The molecule has 3 N–H and O–H groups in total. The average molecular weight is 307 g/mol. The maximum absolute atomic E-state index is 11.9. The van der Waals surface area contributed by atoms with E-state index in [0.717, 1.165) is 0 Å². The van der Waals surface area contributed by atoms with Crippen LogP contribution in [0.25, 0.3) is 0 Å². The Labute approximate surface area is 121 Å². The van der Waals surface area contributed by atoms with Crippen molar-refractivity contribution in [1.29, 1.82) is 0 Å². The maximum Gasteiger partial charge on any atom is 0.251 e. The van der Waals surface area contributed by atoms with E-state index >= 15 is 0 Å². The van der Waals surface area contributed by atoms with Gasteiger partial charge in [-0.2, -0.15) is 11.8 Å². The van der Waals surface area contributed by atoms with Crippen molar-refractivity contribution in [2.24, 2.45) is 0 Å². The molecule has 0 radical (unpaired) electrons. The van der Waals surface area contributed by atoms with Crippen LogP contribution in [-0.2, 0) is 0 Å². The fourth-order valence-corrected chi connectivity index (χ4v) is 1.89. The number of halogens is 2. The second-order valence-electron chi connectivity index (χ2n) is 4.50. The monoisotopic (exact) mass is 306 g/mol. The first-order chi connectivity index (χ1) is 8.26. The molecule has 0 aliphatic rings. The van der Waals surface area contributed by atoms with Gasteiger partial charge in [0.15, 0.2) is 0 Å². The van der Waals surface area contributed by atoms with Crippen LogP contribution >= 0.6 is 35.0 Å². The Bertz CT molecular complexity index is 440. The number of benzene rings is 1. The molecule has 1 aromatic carbocycles. The van der Waals surface area contributed by atoms with Gasteiger partial charge < -0.3 is 11.1 Å². The zero-order valence-corrected chi connectivity index (χ0v) is 12.8. The first-order valence-corrected chi connectivity index (χ1v) is 7.33. The first kappa shape index (κ1) is 15.5. The molecule has 0 fully saturated rings. The van der Waals surface area contributed by atoms with Crippen LogP contribution in [0.1, 0.15) is 24.2 Å². The molecule has 18 heavy (non-hydrogen) atoms. The fraction of sp³-hybridized carbons (Fsp3) is 0.417. The minimum atomic E-state index is -0.207. The molecule has 3 nitrogen and oxygen atoms in total. The molecule has 100 valence electrons. The van der Waals surface area contributed by atoms with E-state index in [1.807, 2.05) is 6.26 Å². The van der Waals surface area contributed by atoms with Crippen LogP contribution in [0.2, 0.25) is 10.0 Å². The van der Waals surface area contributed by atoms with Crippen molar-refractivity contribution in [2.75, 3.05) is 18.5 Å². The number of carbonyl (C=O) groups is 1. The summed E-state index contributed by atoms with van der Waals surface area (Å²) in [7, 11) is 0. The molecule has 0 aromatic heterocycles. The van der Waals surface area contributed by atoms with E-state index in [0.29, 0.717) is 17.8 Å². The Hall–Kier alpha value is -0.580. The van der Waals surface area contributed by atoms with Crippen LogP contribution in [0, 0.1) is 0 Å². The van der Waals surface area contributed by atoms with Gasteiger partial charge in [0, 0.05) is 16.9 Å². The van der Waals surface area contributed by atoms with Gasteiger partial charge in [0.25, 0.3) is 5.91 Å². The second kappa shape index (κ2) is 6.04. The molecule has 1 amide bonds. The molecule has 0 heterocycles. The number of nitrogens with one attached hydrogen (secondary N) is 1. The number of nitrogens with two attached hydrogens (primary N) is 1. The van der Waals surface area contributed by atoms with E-state index in [1.165, 1.54) is 12.1 Å². The third kappa shape index (κ3) is 3.97. The van der Waals surface area contributed by atoms with E-state index in [1.54, 1.807) is 11.8 Å². The Morgan fingerprint density at radius 2 is 1.89 bits per heavy atom. The largest absolute Gasteiger partial charge is 0.396 e. The van der Waals surface area contributed by atoms with E-state index in [2.05, 4.69) is 19.2 Å². The fourth-order valence-electron chi connectivity index (χ4n) is 1.18. The van der Waals surface area contributed by atoms with E-state index in [9.17, 15) is 4.79 Å². The molecule has 0 saturated heterocycles. The highest BCUT2D eigenvalue weighted by molar-refractivity contribution is 7.99. The molecule has 0 aliphatic carbocycles. The Kier molecular flexibility index (Phi) is 5.20. The molecule has 6 heteroatoms. The minimum Gasteiger partial charge on any atom is -0.396 e. The summed E-state index contributed by atoms with van der Waals surface area (Å²) >= 11 is 13.5. The number of rotatable bonds is 4. The van der Waals surface area contributed by atoms with Gasteiger partial charge in [-0.3, -0.25) is 4.79 Å². The number of nitrogen functional groups attached to an aromatic ring is 1. The number of anilines is 1. The summed E-state index contributed by atoms with van der Waals surface area (Å²) in [6, 6.07) is 3.04. The first-order valence-electron chi connectivity index (χ1n) is 5.34. The molecule has 1 rings (SSSR count). The standard InChI is InChI=1S/C12H16Cl2N2OS/c1-12(2,18-3)6-16-11(17)7-4-8(13)10(15)9(14)5-7/h4-5H,6,15H2,1-3H3,(H,16,17). The Morgan fingerprint density at radius 1 is 1.39 bits per heavy atom. The van der Waals surface area contributed by atoms with Gasteiger partial charge in [0.05, 0.1) is 15.7 Å². The van der Waals surface area contributed by atoms with E-state index in [-0.39, 0.29) is 20.7 Å². The molecule has 0 unspecified atom stereocenters. The Balaban J connectivity index is 2.80. The third-order valence-corrected chi connectivity index (χ3v) is 4.44. The predicted octanol–water partition coefficient (Wildman–Crippen LogP) is 3.45. The van der Waals surface area contributed by atoms with Crippen LogP contribution in [0.5, 0.6) is 0 Å². The van der Waals surface area contributed by atoms with Crippen molar-refractivity contribution < 1.29 is 4.79 Å². The number of hydrogen-bond donors (Lipinski definition) is 2. The lowest BCUT2D eigenvalue weighted by Crippen LogP contribution is -2.36. The van der Waals surface area contributed by atoms with Crippen LogP contribution in [-0.4, -0.2) is 23.5 Å². The average Bonchev–Trinajstić information content (AvgIpc) is 2.32. The quantitative estimate of drug-likeness (QED) is 0.838. The normalized spacial score (nSPS) is 11.4. The van der Waals surface area contributed by atoms with Crippen LogP contribution in [0.3, 0.4) is 0 Å². The highest BCUT2D eigenvalue weighted by Gasteiger charge is 2.18. The van der Waals surface area contributed by atoms with Gasteiger partial charge in [-0.05, 0) is 32.2 Å². The molecular formula is C12H16Cl2N2OS. The summed E-state index contributed by atoms with van der Waals surface area (Å²) in [5.41, 5.74) is 6.32. The zero-order valence-electron chi connectivity index (χ0n) is 10.5. The van der Waals surface area contributed by atoms with Crippen molar-refractivity contribution in [3.05, 3.63) is 27.7 Å². The number of hydrogen-bond acceptors (Lipinski definition) is 3. The van der Waals surface area contributed by atoms with E-state index in [4.69, 9.17) is 28.9 Å². The molecule has 0 saturated carbocycles. The van der Waals surface area contributed by atoms with Gasteiger partial charge in [-0.15, -0.1) is 0 Å². The summed E-state index contributed by atoms with van der Waals surface area (Å²) in [4.78, 5) is 11.9. The Morgan fingerprint density at radius 3 is 2.33 bits per heavy atom. The van der Waals surface area contributed by atoms with Crippen LogP contribution in [0.4, 0.5) is 5.69 Å². The van der Waals surface area contributed by atoms with Gasteiger partial charge in [-0.25, -0.2) is 0 Å². The van der Waals surface area contributed by atoms with Gasteiger partial charge in [0.1, 0.15) is 0 Å². The second-order valence-corrected chi connectivity index (χ2v) is 6.83. The molecule has 0 aliphatic heterocycles. The summed E-state index contributed by atoms with van der Waals surface area (Å²) in [6.45, 7) is 4.67. The number of thioether (sulfide) groups is 1. The van der Waals surface area contributed by atoms with Gasteiger partial charge >= 0.3 is 0 Å². The van der Waals surface area contributed by atoms with Crippen molar-refractivity contribution >= 4 is 46.6 Å². The van der Waals surface area contributed by atoms with E-state index < -0.39 is 0 Å². The summed E-state index contributed by atoms with van der Waals surface area (Å²) < 4.78 is -0.0168. The topological polar surface area (TPSA) is 55.1 Å². The lowest BCUT2D eigenvalue weighted by Gasteiger charge is -2.22. The molecule has 0 bridgehead atoms. The molecular weight excluding hydrogens is 291 g/mol. The highest BCUT2D eigenvalue weighted by atomic mass is 35.5. The highest BCUT2D eigenvalue weighted by Crippen LogP contribution is 2.29. The smallest absolute Gasteiger partial charge is 0.251 e. The summed E-state index contributed by atoms with van der Waals surface area (Å²) in [5.74, 6) is -0.207. The lowest BCUT2D eigenvalue weighted by molar-refractivity contribution is 0.0951. The summed E-state index contributed by atoms with van der Waals surface area (Å²) in [6.07, 6.45) is 2.00. The maximum atomic E-state index is 11.9. The molecule has 0 spiro atoms. The minimum absolute atomic E-state index is 0.0168. The van der Waals surface area contributed by atoms with Gasteiger partial charge in [0.2, 0.25) is 0 Å². The lowest BCUT2D eigenvalue weighted by atomic mass is 10.1. The molecule has 0 atom stereocenters.